The lowest BCUT2D eigenvalue weighted by atomic mass is 9.83. The number of hydrogen-bond acceptors (Lipinski definition) is 7. The molecule has 0 radical (unpaired) electrons. The topological polar surface area (TPSA) is 121 Å². The summed E-state index contributed by atoms with van der Waals surface area (Å²) >= 11 is 1.58. The number of amides is 3. The van der Waals surface area contributed by atoms with E-state index in [1.54, 1.807) is 52.9 Å². The van der Waals surface area contributed by atoms with E-state index in [1.807, 2.05) is 36.7 Å². The first-order valence-electron chi connectivity index (χ1n) is 12.4. The molecule has 10 heteroatoms. The van der Waals surface area contributed by atoms with Crippen LogP contribution in [0.25, 0.3) is 10.4 Å². The second kappa shape index (κ2) is 11.2. The minimum absolute atomic E-state index is 0.0579. The molecule has 202 valence electrons. The van der Waals surface area contributed by atoms with Gasteiger partial charge >= 0.3 is 6.09 Å². The van der Waals surface area contributed by atoms with Gasteiger partial charge in [0.25, 0.3) is 0 Å². The monoisotopic (exact) mass is 530 g/mol. The number of alkyl carbamates (subject to hydrolysis) is 1. The molecule has 1 aliphatic heterocycles. The molecular formula is C27H38N4O5S. The molecule has 1 aromatic heterocycles. The fourth-order valence-corrected chi connectivity index (χ4v) is 4.98. The minimum Gasteiger partial charge on any atom is -0.444 e. The van der Waals surface area contributed by atoms with E-state index in [0.717, 1.165) is 21.7 Å². The van der Waals surface area contributed by atoms with E-state index in [4.69, 9.17) is 4.74 Å². The number of carbonyl (C=O) groups excluding carboxylic acids is 3. The standard InChI is InChI=1S/C27H38N4O5S/c1-16-22(37-15-29-16)19-10-8-18(9-11-19)13-28-23(33)21-12-20(32)14-31(21)24(34)27(6,7)17(2)30-25(35)36-26(3,4)5/h8-11,15,17,20-21,32H,12-14H2,1-7H3,(H,28,33)(H,30,35)/t17-,20+,21-/m0/s1. The lowest BCUT2D eigenvalue weighted by Gasteiger charge is -2.36. The van der Waals surface area contributed by atoms with Crippen molar-refractivity contribution in [2.75, 3.05) is 6.54 Å². The molecule has 0 aliphatic carbocycles. The zero-order valence-electron chi connectivity index (χ0n) is 22.6. The van der Waals surface area contributed by atoms with Crippen molar-refractivity contribution >= 4 is 29.2 Å². The number of nitrogens with zero attached hydrogens (tertiary/aromatic N) is 2. The van der Waals surface area contributed by atoms with Crippen LogP contribution in [0.1, 0.15) is 59.2 Å². The summed E-state index contributed by atoms with van der Waals surface area (Å²) in [6.07, 6.45) is -1.26. The molecule has 1 aliphatic rings. The first-order valence-corrected chi connectivity index (χ1v) is 13.3. The summed E-state index contributed by atoms with van der Waals surface area (Å²) < 4.78 is 5.31. The van der Waals surface area contributed by atoms with Gasteiger partial charge in [-0.1, -0.05) is 24.3 Å². The Balaban J connectivity index is 1.63. The smallest absolute Gasteiger partial charge is 0.407 e. The van der Waals surface area contributed by atoms with Gasteiger partial charge in [-0.3, -0.25) is 9.59 Å². The number of nitrogens with one attached hydrogen (secondary N) is 2. The Morgan fingerprint density at radius 3 is 2.41 bits per heavy atom. The van der Waals surface area contributed by atoms with Gasteiger partial charge in [-0.05, 0) is 59.6 Å². The van der Waals surface area contributed by atoms with E-state index in [-0.39, 0.29) is 24.8 Å². The van der Waals surface area contributed by atoms with E-state index in [0.29, 0.717) is 6.54 Å². The SMILES string of the molecule is Cc1ncsc1-c1ccc(CNC(=O)[C@@H]2C[C@@H](O)CN2C(=O)C(C)(C)[C@H](C)NC(=O)OC(C)(C)C)cc1. The maximum atomic E-state index is 13.5. The van der Waals surface area contributed by atoms with E-state index < -0.39 is 35.3 Å². The van der Waals surface area contributed by atoms with Crippen molar-refractivity contribution in [1.29, 1.82) is 0 Å². The Labute approximate surface area is 222 Å². The number of aliphatic hydroxyl groups is 1. The molecule has 2 heterocycles. The summed E-state index contributed by atoms with van der Waals surface area (Å²) in [6.45, 7) is 12.8. The van der Waals surface area contributed by atoms with Crippen LogP contribution in [-0.2, 0) is 20.9 Å². The van der Waals surface area contributed by atoms with E-state index >= 15 is 0 Å². The van der Waals surface area contributed by atoms with Gasteiger partial charge in [-0.15, -0.1) is 11.3 Å². The average Bonchev–Trinajstić information content (AvgIpc) is 3.41. The molecular weight excluding hydrogens is 492 g/mol. The van der Waals surface area contributed by atoms with Crippen molar-refractivity contribution in [2.24, 2.45) is 5.41 Å². The van der Waals surface area contributed by atoms with Gasteiger partial charge in [0.2, 0.25) is 11.8 Å². The molecule has 0 unspecified atom stereocenters. The lowest BCUT2D eigenvalue weighted by Crippen LogP contribution is -2.56. The number of carbonyl (C=O) groups is 3. The number of benzene rings is 1. The first-order chi connectivity index (χ1) is 17.2. The largest absolute Gasteiger partial charge is 0.444 e. The summed E-state index contributed by atoms with van der Waals surface area (Å²) in [5.41, 5.74) is 3.09. The third-order valence-corrected chi connectivity index (χ3v) is 7.62. The zero-order chi connectivity index (χ0) is 27.5. The highest BCUT2D eigenvalue weighted by atomic mass is 32.1. The van der Waals surface area contributed by atoms with Gasteiger partial charge in [-0.25, -0.2) is 9.78 Å². The lowest BCUT2D eigenvalue weighted by molar-refractivity contribution is -0.146. The molecule has 3 N–H and O–H groups in total. The zero-order valence-corrected chi connectivity index (χ0v) is 23.4. The molecule has 0 bridgehead atoms. The van der Waals surface area contributed by atoms with Gasteiger partial charge in [0.1, 0.15) is 11.6 Å². The molecule has 3 rings (SSSR count). The van der Waals surface area contributed by atoms with Gasteiger partial charge in [0, 0.05) is 25.6 Å². The third kappa shape index (κ3) is 7.07. The molecule has 1 saturated heterocycles. The fraction of sp³-hybridized carbons (Fsp3) is 0.556. The van der Waals surface area contributed by atoms with E-state index in [1.165, 1.54) is 4.90 Å². The molecule has 2 aromatic rings. The van der Waals surface area contributed by atoms with E-state index in [2.05, 4.69) is 15.6 Å². The minimum atomic E-state index is -1.04. The highest BCUT2D eigenvalue weighted by Crippen LogP contribution is 2.30. The molecule has 9 nitrogen and oxygen atoms in total. The number of aliphatic hydroxyl groups excluding tert-OH is 1. The molecule has 0 spiro atoms. The second-order valence-electron chi connectivity index (χ2n) is 11.1. The van der Waals surface area contributed by atoms with Crippen LogP contribution in [0.5, 0.6) is 0 Å². The number of aromatic nitrogens is 1. The maximum absolute atomic E-state index is 13.5. The molecule has 37 heavy (non-hydrogen) atoms. The number of likely N-dealkylation sites (tertiary alicyclic amines) is 1. The summed E-state index contributed by atoms with van der Waals surface area (Å²) in [5.74, 6) is -0.645. The van der Waals surface area contributed by atoms with Crippen LogP contribution in [0.2, 0.25) is 0 Å². The highest BCUT2D eigenvalue weighted by molar-refractivity contribution is 7.13. The van der Waals surface area contributed by atoms with Crippen LogP contribution in [0.4, 0.5) is 4.79 Å². The van der Waals surface area contributed by atoms with Crippen LogP contribution in [0, 0.1) is 12.3 Å². The molecule has 3 atom stereocenters. The van der Waals surface area contributed by atoms with Crippen LogP contribution in [-0.4, -0.2) is 63.2 Å². The molecule has 0 saturated carbocycles. The predicted molar refractivity (Wildman–Crippen MR) is 143 cm³/mol. The van der Waals surface area contributed by atoms with Crippen LogP contribution in [0.3, 0.4) is 0 Å². The number of thiazole rings is 1. The second-order valence-corrected chi connectivity index (χ2v) is 12.0. The predicted octanol–water partition coefficient (Wildman–Crippen LogP) is 3.64. The Morgan fingerprint density at radius 2 is 1.84 bits per heavy atom. The van der Waals surface area contributed by atoms with Gasteiger partial charge in [0.15, 0.2) is 0 Å². The first kappa shape index (κ1) is 28.6. The summed E-state index contributed by atoms with van der Waals surface area (Å²) in [5, 5.41) is 15.9. The quantitative estimate of drug-likeness (QED) is 0.503. The van der Waals surface area contributed by atoms with Gasteiger partial charge < -0.3 is 25.4 Å². The van der Waals surface area contributed by atoms with Crippen LogP contribution < -0.4 is 10.6 Å². The van der Waals surface area contributed by atoms with Crippen molar-refractivity contribution in [2.45, 2.75) is 85.2 Å². The van der Waals surface area contributed by atoms with Gasteiger partial charge in [-0.2, -0.15) is 0 Å². The number of aryl methyl sites for hydroxylation is 1. The molecule has 1 aromatic carbocycles. The normalized spacial score (nSPS) is 18.9. The summed E-state index contributed by atoms with van der Waals surface area (Å²) in [6, 6.07) is 6.53. The van der Waals surface area contributed by atoms with Crippen molar-refractivity contribution in [3.05, 3.63) is 41.0 Å². The van der Waals surface area contributed by atoms with Gasteiger partial charge in [0.05, 0.1) is 27.6 Å². The molecule has 3 amide bonds. The summed E-state index contributed by atoms with van der Waals surface area (Å²) in [4.78, 5) is 45.7. The fourth-order valence-electron chi connectivity index (χ4n) is 4.17. The van der Waals surface area contributed by atoms with Crippen molar-refractivity contribution in [3.63, 3.8) is 0 Å². The average molecular weight is 531 g/mol. The van der Waals surface area contributed by atoms with Crippen molar-refractivity contribution in [1.82, 2.24) is 20.5 Å². The number of ether oxygens (including phenoxy) is 1. The Hall–Kier alpha value is -2.98. The van der Waals surface area contributed by atoms with E-state index in [9.17, 15) is 19.5 Å². The summed E-state index contributed by atoms with van der Waals surface area (Å²) in [7, 11) is 0. The third-order valence-electron chi connectivity index (χ3n) is 6.64. The Bertz CT molecular complexity index is 1120. The van der Waals surface area contributed by atoms with Crippen LogP contribution in [0.15, 0.2) is 29.8 Å². The van der Waals surface area contributed by atoms with Crippen molar-refractivity contribution < 1.29 is 24.2 Å². The Kier molecular flexibility index (Phi) is 8.64. The maximum Gasteiger partial charge on any atom is 0.407 e. The number of hydrogen-bond donors (Lipinski definition) is 3. The van der Waals surface area contributed by atoms with Crippen molar-refractivity contribution in [3.8, 4) is 10.4 Å². The number of rotatable bonds is 7. The highest BCUT2D eigenvalue weighted by Gasteiger charge is 2.46. The molecule has 1 fully saturated rings. The Morgan fingerprint density at radius 1 is 1.19 bits per heavy atom. The van der Waals surface area contributed by atoms with Crippen LogP contribution >= 0.6 is 11.3 Å². The number of β-amino-alcohol motifs (C(OH)–C–C–N with tert-alkyl or cyclic N) is 1.